The molecular formula is C24H26N4O6. The lowest BCUT2D eigenvalue weighted by atomic mass is 9.92. The maximum Gasteiger partial charge on any atom is 0.325 e. The summed E-state index contributed by atoms with van der Waals surface area (Å²) in [6.07, 6.45) is 0. The van der Waals surface area contributed by atoms with Gasteiger partial charge >= 0.3 is 6.03 Å². The Morgan fingerprint density at radius 3 is 2.24 bits per heavy atom. The molecule has 0 saturated carbocycles. The minimum Gasteiger partial charge on any atom is -0.507 e. The lowest BCUT2D eigenvalue weighted by Gasteiger charge is -2.35. The van der Waals surface area contributed by atoms with E-state index in [0.29, 0.717) is 11.3 Å². The zero-order valence-electron chi connectivity index (χ0n) is 19.0. The van der Waals surface area contributed by atoms with E-state index in [1.54, 1.807) is 54.3 Å². The van der Waals surface area contributed by atoms with Gasteiger partial charge in [-0.2, -0.15) is 0 Å². The number of phenols is 1. The summed E-state index contributed by atoms with van der Waals surface area (Å²) in [6, 6.07) is 12.5. The van der Waals surface area contributed by atoms with E-state index >= 15 is 0 Å². The van der Waals surface area contributed by atoms with E-state index in [4.69, 9.17) is 4.74 Å². The molecule has 1 unspecified atom stereocenters. The molecule has 0 aliphatic carbocycles. The van der Waals surface area contributed by atoms with Crippen LogP contribution in [0.15, 0.2) is 48.5 Å². The number of hydrogen-bond donors (Lipinski definition) is 2. The van der Waals surface area contributed by atoms with Gasteiger partial charge in [0.1, 0.15) is 23.6 Å². The molecule has 10 heteroatoms. The number of nitrogens with zero attached hydrogens (tertiary/aromatic N) is 3. The average Bonchev–Trinajstić information content (AvgIpc) is 3.07. The Balaban J connectivity index is 1.37. The highest BCUT2D eigenvalue weighted by Crippen LogP contribution is 2.30. The van der Waals surface area contributed by atoms with E-state index < -0.39 is 17.5 Å². The average molecular weight is 466 g/mol. The van der Waals surface area contributed by atoms with Crippen LogP contribution in [0.5, 0.6) is 11.5 Å². The summed E-state index contributed by atoms with van der Waals surface area (Å²) in [5.74, 6) is -0.670. The first-order chi connectivity index (χ1) is 16.2. The Kier molecular flexibility index (Phi) is 6.14. The lowest BCUT2D eigenvalue weighted by Crippen LogP contribution is -2.53. The number of amides is 5. The number of hydrogen-bond acceptors (Lipinski definition) is 6. The van der Waals surface area contributed by atoms with E-state index in [9.17, 15) is 24.3 Å². The van der Waals surface area contributed by atoms with Crippen LogP contribution >= 0.6 is 0 Å². The third-order valence-electron chi connectivity index (χ3n) is 6.29. The number of para-hydroxylation sites is 1. The van der Waals surface area contributed by atoms with Gasteiger partial charge < -0.3 is 25.0 Å². The number of ether oxygens (including phenoxy) is 1. The van der Waals surface area contributed by atoms with Crippen LogP contribution in [0, 0.1) is 0 Å². The van der Waals surface area contributed by atoms with E-state index in [1.807, 2.05) is 0 Å². The van der Waals surface area contributed by atoms with Gasteiger partial charge in [-0.3, -0.25) is 19.3 Å². The number of aromatic hydroxyl groups is 1. The van der Waals surface area contributed by atoms with Crippen molar-refractivity contribution in [3.05, 3.63) is 59.7 Å². The molecule has 0 aromatic heterocycles. The van der Waals surface area contributed by atoms with Crippen LogP contribution in [0.3, 0.4) is 0 Å². The van der Waals surface area contributed by atoms with E-state index in [1.165, 1.54) is 18.1 Å². The lowest BCUT2D eigenvalue weighted by molar-refractivity contribution is -0.139. The molecule has 5 amide bonds. The molecule has 0 bridgehead atoms. The fourth-order valence-corrected chi connectivity index (χ4v) is 4.18. The van der Waals surface area contributed by atoms with Gasteiger partial charge in [-0.1, -0.05) is 24.3 Å². The van der Waals surface area contributed by atoms with Gasteiger partial charge in [0, 0.05) is 26.2 Å². The minimum absolute atomic E-state index is 0.0931. The zero-order chi connectivity index (χ0) is 24.5. The second-order valence-electron chi connectivity index (χ2n) is 8.37. The molecule has 0 radical (unpaired) electrons. The Labute approximate surface area is 196 Å². The number of phenolic OH excluding ortho intramolecular Hbond substituents is 1. The van der Waals surface area contributed by atoms with Gasteiger partial charge in [-0.15, -0.1) is 0 Å². The summed E-state index contributed by atoms with van der Waals surface area (Å²) in [5.41, 5.74) is -0.496. The molecule has 2 N–H and O–H groups in total. The summed E-state index contributed by atoms with van der Waals surface area (Å²) in [4.78, 5) is 55.2. The Morgan fingerprint density at radius 1 is 1.00 bits per heavy atom. The summed E-state index contributed by atoms with van der Waals surface area (Å²) in [5, 5.41) is 12.6. The number of urea groups is 1. The maximum absolute atomic E-state index is 13.1. The summed E-state index contributed by atoms with van der Waals surface area (Å²) < 4.78 is 5.14. The molecule has 178 valence electrons. The highest BCUT2D eigenvalue weighted by atomic mass is 16.5. The predicted molar refractivity (Wildman–Crippen MR) is 121 cm³/mol. The van der Waals surface area contributed by atoms with Crippen LogP contribution in [-0.4, -0.2) is 83.4 Å². The van der Waals surface area contributed by atoms with E-state index in [2.05, 4.69) is 5.32 Å². The van der Waals surface area contributed by atoms with Crippen molar-refractivity contribution in [2.45, 2.75) is 12.5 Å². The Morgan fingerprint density at radius 2 is 1.62 bits per heavy atom. The van der Waals surface area contributed by atoms with Crippen molar-refractivity contribution in [2.24, 2.45) is 0 Å². The number of carbonyl (C=O) groups excluding carboxylic acids is 4. The monoisotopic (exact) mass is 466 g/mol. The van der Waals surface area contributed by atoms with Crippen molar-refractivity contribution >= 4 is 23.8 Å². The van der Waals surface area contributed by atoms with Crippen LogP contribution in [-0.2, 0) is 15.1 Å². The van der Waals surface area contributed by atoms with Gasteiger partial charge in [-0.05, 0) is 36.8 Å². The first kappa shape index (κ1) is 23.1. The smallest absolute Gasteiger partial charge is 0.325 e. The summed E-state index contributed by atoms with van der Waals surface area (Å²) >= 11 is 0. The minimum atomic E-state index is -1.29. The summed E-state index contributed by atoms with van der Waals surface area (Å²) in [7, 11) is 1.54. The van der Waals surface area contributed by atoms with Crippen LogP contribution in [0.4, 0.5) is 4.79 Å². The largest absolute Gasteiger partial charge is 0.507 e. The number of piperazine rings is 1. The summed E-state index contributed by atoms with van der Waals surface area (Å²) in [6.45, 7) is 2.30. The molecule has 0 spiro atoms. The predicted octanol–water partition coefficient (Wildman–Crippen LogP) is 1.15. The molecule has 1 atom stereocenters. The first-order valence-corrected chi connectivity index (χ1v) is 10.9. The quantitative estimate of drug-likeness (QED) is 0.638. The molecule has 2 aliphatic rings. The van der Waals surface area contributed by atoms with Gasteiger partial charge in [0.25, 0.3) is 11.8 Å². The molecule has 4 rings (SSSR count). The molecule has 34 heavy (non-hydrogen) atoms. The fraction of sp³-hybridized carbons (Fsp3) is 0.333. The normalized spacial score (nSPS) is 20.4. The van der Waals surface area contributed by atoms with Crippen molar-refractivity contribution in [1.82, 2.24) is 20.0 Å². The number of nitrogens with one attached hydrogen (secondary N) is 1. The van der Waals surface area contributed by atoms with Crippen LogP contribution < -0.4 is 10.1 Å². The highest BCUT2D eigenvalue weighted by molar-refractivity contribution is 6.09. The SMILES string of the molecule is COc1ccc(C2(C)NC(=O)N(CC(=O)N3CCN(C(=O)c4ccccc4O)CC3)C2=O)cc1. The zero-order valence-corrected chi connectivity index (χ0v) is 19.0. The van der Waals surface area contributed by atoms with Crippen LogP contribution in [0.1, 0.15) is 22.8 Å². The topological polar surface area (TPSA) is 119 Å². The highest BCUT2D eigenvalue weighted by Gasteiger charge is 2.49. The molecule has 2 aromatic carbocycles. The van der Waals surface area contributed by atoms with Crippen molar-refractivity contribution in [3.8, 4) is 11.5 Å². The van der Waals surface area contributed by atoms with Gasteiger partial charge in [-0.25, -0.2) is 4.79 Å². The van der Waals surface area contributed by atoms with Crippen LogP contribution in [0.2, 0.25) is 0 Å². The molecule has 10 nitrogen and oxygen atoms in total. The Hall–Kier alpha value is -4.08. The van der Waals surface area contributed by atoms with Crippen molar-refractivity contribution in [2.75, 3.05) is 39.8 Å². The second-order valence-corrected chi connectivity index (χ2v) is 8.37. The number of rotatable bonds is 5. The first-order valence-electron chi connectivity index (χ1n) is 10.9. The van der Waals surface area contributed by atoms with Gasteiger partial charge in [0.15, 0.2) is 0 Å². The van der Waals surface area contributed by atoms with Crippen LogP contribution in [0.25, 0.3) is 0 Å². The van der Waals surface area contributed by atoms with Crippen molar-refractivity contribution < 1.29 is 29.0 Å². The number of benzene rings is 2. The third kappa shape index (κ3) is 4.14. The van der Waals surface area contributed by atoms with E-state index in [-0.39, 0.29) is 55.9 Å². The van der Waals surface area contributed by atoms with Crippen molar-refractivity contribution in [1.29, 1.82) is 0 Å². The molecular weight excluding hydrogens is 440 g/mol. The number of imide groups is 1. The number of methoxy groups -OCH3 is 1. The second kappa shape index (κ2) is 9.05. The fourth-order valence-electron chi connectivity index (χ4n) is 4.18. The third-order valence-corrected chi connectivity index (χ3v) is 6.29. The van der Waals surface area contributed by atoms with Gasteiger partial charge in [0.2, 0.25) is 5.91 Å². The molecule has 2 aromatic rings. The molecule has 2 fully saturated rings. The molecule has 2 saturated heterocycles. The van der Waals surface area contributed by atoms with E-state index in [0.717, 1.165) is 4.90 Å². The maximum atomic E-state index is 13.1. The number of carbonyl (C=O) groups is 4. The van der Waals surface area contributed by atoms with Crippen molar-refractivity contribution in [3.63, 3.8) is 0 Å². The Bertz CT molecular complexity index is 1130. The standard InChI is InChI=1S/C24H26N4O6/c1-24(16-7-9-17(34-2)10-8-16)22(32)28(23(33)25-24)15-20(30)26-11-13-27(14-12-26)21(31)18-5-3-4-6-19(18)29/h3-10,29H,11-15H2,1-2H3,(H,25,33). The molecule has 2 aliphatic heterocycles. The molecule has 2 heterocycles. The van der Waals surface area contributed by atoms with Gasteiger partial charge in [0.05, 0.1) is 12.7 Å².